The molecule has 1 aliphatic rings. The molecule has 4 aromatic rings. The van der Waals surface area contributed by atoms with Crippen molar-refractivity contribution in [3.63, 3.8) is 0 Å². The van der Waals surface area contributed by atoms with Crippen molar-refractivity contribution in [1.82, 2.24) is 24.3 Å². The largest absolute Gasteiger partial charge is 0.397 e. The molecule has 2 atom stereocenters. The van der Waals surface area contributed by atoms with Crippen molar-refractivity contribution in [2.45, 2.75) is 38.3 Å². The number of carbonyl (C=O) groups is 1. The third kappa shape index (κ3) is 4.58. The van der Waals surface area contributed by atoms with E-state index >= 15 is 0 Å². The van der Waals surface area contributed by atoms with Crippen molar-refractivity contribution in [3.05, 3.63) is 77.7 Å². The Hall–Kier alpha value is -3.71. The van der Waals surface area contributed by atoms with Crippen molar-refractivity contribution >= 4 is 22.6 Å². The van der Waals surface area contributed by atoms with Gasteiger partial charge in [0.1, 0.15) is 5.65 Å². The summed E-state index contributed by atoms with van der Waals surface area (Å²) in [6.07, 6.45) is 5.28. The maximum absolute atomic E-state index is 12.8. The number of benzene rings is 1. The molecule has 186 valence electrons. The van der Waals surface area contributed by atoms with Gasteiger partial charge < -0.3 is 15.2 Å². The number of anilines is 1. The van der Waals surface area contributed by atoms with Gasteiger partial charge in [-0.15, -0.1) is 0 Å². The minimum atomic E-state index is -3.07. The lowest BCUT2D eigenvalue weighted by atomic mass is 9.85. The minimum Gasteiger partial charge on any atom is -0.397 e. The van der Waals surface area contributed by atoms with Crippen molar-refractivity contribution in [2.75, 3.05) is 26.2 Å². The second-order valence-electron chi connectivity index (χ2n) is 9.57. The van der Waals surface area contributed by atoms with Crippen LogP contribution < -0.4 is 5.73 Å². The van der Waals surface area contributed by atoms with Gasteiger partial charge in [0, 0.05) is 70.2 Å². The zero-order chi connectivity index (χ0) is 30.4. The minimum absolute atomic E-state index is 0.00664. The first kappa shape index (κ1) is 17.7. The van der Waals surface area contributed by atoms with Gasteiger partial charge in [0.2, 0.25) is 0 Å². The van der Waals surface area contributed by atoms with Crippen LogP contribution in [-0.2, 0) is 13.6 Å². The molecule has 1 saturated heterocycles. The molecule has 7 nitrogen and oxygen atoms in total. The van der Waals surface area contributed by atoms with Gasteiger partial charge in [0.25, 0.3) is 5.91 Å². The Morgan fingerprint density at radius 1 is 1.17 bits per heavy atom. The van der Waals surface area contributed by atoms with Crippen LogP contribution >= 0.6 is 0 Å². The molecule has 0 spiro atoms. The molecule has 4 heterocycles. The van der Waals surface area contributed by atoms with E-state index < -0.39 is 19.9 Å². The van der Waals surface area contributed by atoms with Crippen molar-refractivity contribution < 1.29 is 13.0 Å². The maximum atomic E-state index is 12.8. The van der Waals surface area contributed by atoms with Gasteiger partial charge in [-0.3, -0.25) is 14.7 Å². The number of hydrogen-bond acceptors (Lipinski definition) is 5. The third-order valence-corrected chi connectivity index (χ3v) is 7.30. The van der Waals surface area contributed by atoms with E-state index in [0.717, 1.165) is 59.5 Å². The van der Waals surface area contributed by atoms with Crippen LogP contribution in [0.4, 0.5) is 5.69 Å². The topological polar surface area (TPSA) is 80.3 Å². The molecule has 1 amide bonds. The molecule has 7 heteroatoms. The summed E-state index contributed by atoms with van der Waals surface area (Å²) in [5.74, 6) is -0.774. The summed E-state index contributed by atoms with van der Waals surface area (Å²) in [5.41, 5.74) is 11.4. The molecular formula is C29H34N6O. The number of piperidine rings is 1. The van der Waals surface area contributed by atoms with Gasteiger partial charge in [-0.05, 0) is 74.2 Å². The zero-order valence-corrected chi connectivity index (χ0v) is 20.5. The molecule has 0 saturated carbocycles. The standard InChI is InChI=1S/C29H34N6O/c1-19-15-22(20-5-7-21(8-6-20)29(36)33(2)3)12-14-35(19)18-24-16-26-25(11-13-31-28(26)34(24)4)27-10-9-23(30)17-32-27/h5-11,13,16-17,19,22H,12,14-15,18,30H2,1-4H3/t19-,22-/m1/s1/i2D3,3D3. The van der Waals surface area contributed by atoms with Crippen molar-refractivity contribution in [1.29, 1.82) is 0 Å². The summed E-state index contributed by atoms with van der Waals surface area (Å²) in [6, 6.07) is 14.9. The number of amides is 1. The molecule has 1 aliphatic heterocycles. The summed E-state index contributed by atoms with van der Waals surface area (Å²) < 4.78 is 47.2. The molecule has 1 fully saturated rings. The summed E-state index contributed by atoms with van der Waals surface area (Å²) in [6.45, 7) is -2.29. The molecule has 0 unspecified atom stereocenters. The fourth-order valence-corrected chi connectivity index (χ4v) is 5.20. The number of rotatable bonds is 5. The second kappa shape index (κ2) is 9.74. The normalized spacial score (nSPS) is 21.6. The molecular weight excluding hydrogens is 448 g/mol. The van der Waals surface area contributed by atoms with E-state index in [-0.39, 0.29) is 22.4 Å². The molecule has 36 heavy (non-hydrogen) atoms. The number of fused-ring (bicyclic) bond motifs is 1. The van der Waals surface area contributed by atoms with Crippen LogP contribution in [0, 0.1) is 0 Å². The lowest BCUT2D eigenvalue weighted by Gasteiger charge is -2.38. The molecule has 0 aliphatic carbocycles. The predicted molar refractivity (Wildman–Crippen MR) is 145 cm³/mol. The number of carbonyl (C=O) groups excluding carboxylic acids is 1. The van der Waals surface area contributed by atoms with Gasteiger partial charge >= 0.3 is 0 Å². The Morgan fingerprint density at radius 2 is 1.97 bits per heavy atom. The second-order valence-corrected chi connectivity index (χ2v) is 9.57. The highest BCUT2D eigenvalue weighted by Gasteiger charge is 2.27. The van der Waals surface area contributed by atoms with Crippen LogP contribution in [0.1, 0.15) is 55.5 Å². The number of aryl methyl sites for hydroxylation is 1. The zero-order valence-electron chi connectivity index (χ0n) is 26.5. The van der Waals surface area contributed by atoms with Crippen LogP contribution in [-0.4, -0.2) is 56.8 Å². The Bertz CT molecular complexity index is 1570. The Labute approximate surface area is 221 Å². The first-order chi connectivity index (χ1) is 19.7. The number of nitrogens with zero attached hydrogens (tertiary/aromatic N) is 5. The monoisotopic (exact) mass is 488 g/mol. The van der Waals surface area contributed by atoms with Crippen LogP contribution in [0.5, 0.6) is 0 Å². The number of nitrogen functional groups attached to an aromatic ring is 1. The van der Waals surface area contributed by atoms with Gasteiger partial charge in [-0.25, -0.2) is 4.98 Å². The van der Waals surface area contributed by atoms with E-state index in [1.807, 2.05) is 25.2 Å². The average molecular weight is 489 g/mol. The van der Waals surface area contributed by atoms with Crippen molar-refractivity contribution in [3.8, 4) is 11.3 Å². The summed E-state index contributed by atoms with van der Waals surface area (Å²) in [5, 5.41) is 1.04. The van der Waals surface area contributed by atoms with Crippen LogP contribution in [0.15, 0.2) is 60.9 Å². The lowest BCUT2D eigenvalue weighted by molar-refractivity contribution is 0.0827. The Balaban J connectivity index is 1.29. The van der Waals surface area contributed by atoms with E-state index in [0.29, 0.717) is 5.69 Å². The van der Waals surface area contributed by atoms with E-state index in [1.165, 1.54) is 12.1 Å². The number of hydrogen-bond donors (Lipinski definition) is 1. The van der Waals surface area contributed by atoms with E-state index in [4.69, 9.17) is 14.0 Å². The molecule has 0 radical (unpaired) electrons. The molecule has 1 aromatic carbocycles. The van der Waals surface area contributed by atoms with Crippen molar-refractivity contribution in [2.24, 2.45) is 7.05 Å². The highest BCUT2D eigenvalue weighted by Crippen LogP contribution is 2.34. The van der Waals surface area contributed by atoms with Crippen LogP contribution in [0.3, 0.4) is 0 Å². The van der Waals surface area contributed by atoms with Gasteiger partial charge in [-0.1, -0.05) is 12.1 Å². The average Bonchev–Trinajstić information content (AvgIpc) is 3.24. The van der Waals surface area contributed by atoms with Gasteiger partial charge in [-0.2, -0.15) is 0 Å². The molecule has 0 bridgehead atoms. The summed E-state index contributed by atoms with van der Waals surface area (Å²) in [7, 11) is 2.03. The van der Waals surface area contributed by atoms with Crippen LogP contribution in [0.25, 0.3) is 22.3 Å². The summed E-state index contributed by atoms with van der Waals surface area (Å²) >= 11 is 0. The smallest absolute Gasteiger partial charge is 0.253 e. The predicted octanol–water partition coefficient (Wildman–Crippen LogP) is 4.69. The Kier molecular flexibility index (Phi) is 4.78. The fourth-order valence-electron chi connectivity index (χ4n) is 5.20. The molecule has 5 rings (SSSR count). The quantitative estimate of drug-likeness (QED) is 0.441. The number of likely N-dealkylation sites (tertiary alicyclic amines) is 1. The highest BCUT2D eigenvalue weighted by atomic mass is 16.2. The third-order valence-electron chi connectivity index (χ3n) is 7.30. The van der Waals surface area contributed by atoms with E-state index in [1.54, 1.807) is 24.5 Å². The SMILES string of the molecule is [2H]C([2H])([2H])N(C(=O)c1ccc([C@@H]2CCN(Cc3cc4c(-c5ccc(N)cn5)ccnc4n3C)[C@H](C)C2)cc1)C([2H])([2H])[2H]. The van der Waals surface area contributed by atoms with Crippen LogP contribution in [0.2, 0.25) is 0 Å². The lowest BCUT2D eigenvalue weighted by Crippen LogP contribution is -2.39. The van der Waals surface area contributed by atoms with E-state index in [2.05, 4.69) is 32.4 Å². The number of pyridine rings is 2. The number of aromatic nitrogens is 3. The first-order valence-electron chi connectivity index (χ1n) is 15.1. The fraction of sp³-hybridized carbons (Fsp3) is 0.345. The van der Waals surface area contributed by atoms with E-state index in [9.17, 15) is 4.79 Å². The van der Waals surface area contributed by atoms with Gasteiger partial charge in [0.05, 0.1) is 17.6 Å². The summed E-state index contributed by atoms with van der Waals surface area (Å²) in [4.78, 5) is 24.4. The Morgan fingerprint density at radius 3 is 2.67 bits per heavy atom. The maximum Gasteiger partial charge on any atom is 0.253 e. The highest BCUT2D eigenvalue weighted by molar-refractivity contribution is 5.94. The van der Waals surface area contributed by atoms with Gasteiger partial charge in [0.15, 0.2) is 0 Å². The first-order valence-corrected chi connectivity index (χ1v) is 12.1. The number of nitrogens with two attached hydrogens (primary N) is 1. The molecule has 3 aromatic heterocycles. The molecule has 2 N–H and O–H groups in total.